The Kier molecular flexibility index (Phi) is 5.17. The molecule has 0 saturated carbocycles. The van der Waals surface area contributed by atoms with Gasteiger partial charge >= 0.3 is 0 Å². The van der Waals surface area contributed by atoms with E-state index in [4.69, 9.17) is 22.1 Å². The summed E-state index contributed by atoms with van der Waals surface area (Å²) in [6.45, 7) is 3.57. The standard InChI is InChI=1S/C15H19ClN2O2/c1-11(17)14-10-18(8-9-20-14)15(19)7-4-12-2-5-13(16)6-3-12/h2-7,11,14H,8-10,17H2,1H3/b7-4+. The Labute approximate surface area is 124 Å². The topological polar surface area (TPSA) is 55.6 Å². The summed E-state index contributed by atoms with van der Waals surface area (Å²) in [4.78, 5) is 13.9. The number of morpholine rings is 1. The molecule has 1 amide bonds. The molecule has 1 aliphatic rings. The Hall–Kier alpha value is -1.36. The largest absolute Gasteiger partial charge is 0.373 e. The molecule has 5 heteroatoms. The van der Waals surface area contributed by atoms with Crippen LogP contribution in [0.2, 0.25) is 5.02 Å². The van der Waals surface area contributed by atoms with Crippen molar-refractivity contribution in [3.05, 3.63) is 40.9 Å². The molecule has 1 heterocycles. The van der Waals surface area contributed by atoms with Gasteiger partial charge in [-0.05, 0) is 30.7 Å². The Morgan fingerprint density at radius 1 is 1.50 bits per heavy atom. The molecule has 0 spiro atoms. The van der Waals surface area contributed by atoms with Crippen LogP contribution in [0.3, 0.4) is 0 Å². The lowest BCUT2D eigenvalue weighted by Gasteiger charge is -2.34. The SMILES string of the molecule is CC(N)C1CN(C(=O)/C=C/c2ccc(Cl)cc2)CCO1. The number of halogens is 1. The molecule has 0 bridgehead atoms. The van der Waals surface area contributed by atoms with Crippen molar-refractivity contribution in [3.8, 4) is 0 Å². The first-order chi connectivity index (χ1) is 9.56. The summed E-state index contributed by atoms with van der Waals surface area (Å²) in [5.74, 6) is -0.0195. The Morgan fingerprint density at radius 2 is 2.20 bits per heavy atom. The molecule has 20 heavy (non-hydrogen) atoms. The number of hydrogen-bond acceptors (Lipinski definition) is 3. The predicted molar refractivity (Wildman–Crippen MR) is 80.5 cm³/mol. The second-order valence-corrected chi connectivity index (χ2v) is 5.37. The molecule has 2 atom stereocenters. The van der Waals surface area contributed by atoms with Gasteiger partial charge in [0.2, 0.25) is 5.91 Å². The van der Waals surface area contributed by atoms with E-state index < -0.39 is 0 Å². The molecule has 0 radical (unpaired) electrons. The minimum atomic E-state index is -0.0865. The lowest BCUT2D eigenvalue weighted by atomic mass is 10.1. The van der Waals surface area contributed by atoms with Crippen LogP contribution < -0.4 is 5.73 Å². The van der Waals surface area contributed by atoms with Crippen molar-refractivity contribution in [3.63, 3.8) is 0 Å². The molecule has 4 nitrogen and oxygen atoms in total. The Morgan fingerprint density at radius 3 is 2.85 bits per heavy atom. The highest BCUT2D eigenvalue weighted by Gasteiger charge is 2.25. The quantitative estimate of drug-likeness (QED) is 0.867. The summed E-state index contributed by atoms with van der Waals surface area (Å²) in [6.07, 6.45) is 3.28. The highest BCUT2D eigenvalue weighted by Crippen LogP contribution is 2.12. The second-order valence-electron chi connectivity index (χ2n) is 4.94. The first-order valence-corrected chi connectivity index (χ1v) is 7.04. The van der Waals surface area contributed by atoms with Crippen molar-refractivity contribution in [2.75, 3.05) is 19.7 Å². The fraction of sp³-hybridized carbons (Fsp3) is 0.400. The van der Waals surface area contributed by atoms with Crippen molar-refractivity contribution < 1.29 is 9.53 Å². The zero-order valence-corrected chi connectivity index (χ0v) is 12.2. The zero-order chi connectivity index (χ0) is 14.5. The average Bonchev–Trinajstić information content (AvgIpc) is 2.46. The van der Waals surface area contributed by atoms with Gasteiger partial charge in [-0.1, -0.05) is 23.7 Å². The first-order valence-electron chi connectivity index (χ1n) is 6.66. The van der Waals surface area contributed by atoms with E-state index in [0.29, 0.717) is 24.7 Å². The summed E-state index contributed by atoms with van der Waals surface area (Å²) >= 11 is 5.82. The summed E-state index contributed by atoms with van der Waals surface area (Å²) in [7, 11) is 0. The summed E-state index contributed by atoms with van der Waals surface area (Å²) in [5.41, 5.74) is 6.76. The van der Waals surface area contributed by atoms with Gasteiger partial charge in [0.1, 0.15) is 0 Å². The first kappa shape index (κ1) is 15.0. The van der Waals surface area contributed by atoms with Crippen LogP contribution in [0, 0.1) is 0 Å². The van der Waals surface area contributed by atoms with E-state index in [9.17, 15) is 4.79 Å². The van der Waals surface area contributed by atoms with Gasteiger partial charge in [0.05, 0.1) is 12.7 Å². The highest BCUT2D eigenvalue weighted by atomic mass is 35.5. The van der Waals surface area contributed by atoms with Gasteiger partial charge in [-0.25, -0.2) is 0 Å². The molecular formula is C15H19ClN2O2. The molecule has 1 aromatic carbocycles. The van der Waals surface area contributed by atoms with Gasteiger partial charge in [0, 0.05) is 30.2 Å². The smallest absolute Gasteiger partial charge is 0.246 e. The summed E-state index contributed by atoms with van der Waals surface area (Å²) in [5, 5.41) is 0.682. The number of carbonyl (C=O) groups is 1. The molecule has 1 aliphatic heterocycles. The fourth-order valence-corrected chi connectivity index (χ4v) is 2.17. The molecule has 1 aromatic rings. The fourth-order valence-electron chi connectivity index (χ4n) is 2.04. The molecule has 1 fully saturated rings. The molecule has 2 N–H and O–H groups in total. The van der Waals surface area contributed by atoms with E-state index in [0.717, 1.165) is 5.56 Å². The predicted octanol–water partition coefficient (Wildman–Crippen LogP) is 1.93. The number of amides is 1. The number of carbonyl (C=O) groups excluding carboxylic acids is 1. The molecule has 2 rings (SSSR count). The van der Waals surface area contributed by atoms with E-state index >= 15 is 0 Å². The Bertz CT molecular complexity index is 485. The van der Waals surface area contributed by atoms with E-state index in [1.165, 1.54) is 0 Å². The van der Waals surface area contributed by atoms with Crippen molar-refractivity contribution in [2.24, 2.45) is 5.73 Å². The van der Waals surface area contributed by atoms with Crippen LogP contribution >= 0.6 is 11.6 Å². The van der Waals surface area contributed by atoms with Crippen LogP contribution in [-0.2, 0) is 9.53 Å². The van der Waals surface area contributed by atoms with E-state index in [-0.39, 0.29) is 18.1 Å². The number of ether oxygens (including phenoxy) is 1. The van der Waals surface area contributed by atoms with Crippen LogP contribution in [0.1, 0.15) is 12.5 Å². The molecule has 1 saturated heterocycles. The minimum Gasteiger partial charge on any atom is -0.373 e. The molecule has 2 unspecified atom stereocenters. The number of rotatable bonds is 3. The van der Waals surface area contributed by atoms with Crippen molar-refractivity contribution in [1.29, 1.82) is 0 Å². The van der Waals surface area contributed by atoms with Crippen molar-refractivity contribution in [1.82, 2.24) is 4.90 Å². The number of nitrogens with zero attached hydrogens (tertiary/aromatic N) is 1. The van der Waals surface area contributed by atoms with E-state index in [2.05, 4.69) is 0 Å². The van der Waals surface area contributed by atoms with Gasteiger partial charge in [-0.3, -0.25) is 4.79 Å². The van der Waals surface area contributed by atoms with Crippen LogP contribution in [0.5, 0.6) is 0 Å². The van der Waals surface area contributed by atoms with Gasteiger partial charge in [0.15, 0.2) is 0 Å². The maximum atomic E-state index is 12.1. The lowest BCUT2D eigenvalue weighted by molar-refractivity contribution is -0.134. The zero-order valence-electron chi connectivity index (χ0n) is 11.5. The number of benzene rings is 1. The molecule has 0 aromatic heterocycles. The van der Waals surface area contributed by atoms with Crippen LogP contribution in [0.15, 0.2) is 30.3 Å². The van der Waals surface area contributed by atoms with E-state index in [1.54, 1.807) is 29.2 Å². The molecule has 0 aliphatic carbocycles. The minimum absolute atomic E-state index is 0.0195. The van der Waals surface area contributed by atoms with E-state index in [1.807, 2.05) is 19.1 Å². The van der Waals surface area contributed by atoms with Gasteiger partial charge in [-0.15, -0.1) is 0 Å². The highest BCUT2D eigenvalue weighted by molar-refractivity contribution is 6.30. The number of hydrogen-bond donors (Lipinski definition) is 1. The summed E-state index contributed by atoms with van der Waals surface area (Å²) in [6, 6.07) is 7.26. The maximum Gasteiger partial charge on any atom is 0.246 e. The maximum absolute atomic E-state index is 12.1. The summed E-state index contributed by atoms with van der Waals surface area (Å²) < 4.78 is 5.54. The van der Waals surface area contributed by atoms with Gasteiger partial charge < -0.3 is 15.4 Å². The van der Waals surface area contributed by atoms with Crippen molar-refractivity contribution in [2.45, 2.75) is 19.1 Å². The van der Waals surface area contributed by atoms with Crippen LogP contribution in [0.4, 0.5) is 0 Å². The van der Waals surface area contributed by atoms with Crippen LogP contribution in [0.25, 0.3) is 6.08 Å². The third-order valence-corrected chi connectivity index (χ3v) is 3.53. The van der Waals surface area contributed by atoms with Crippen molar-refractivity contribution >= 4 is 23.6 Å². The average molecular weight is 295 g/mol. The Balaban J connectivity index is 1.95. The third-order valence-electron chi connectivity index (χ3n) is 3.28. The third kappa shape index (κ3) is 4.07. The van der Waals surface area contributed by atoms with Gasteiger partial charge in [-0.2, -0.15) is 0 Å². The van der Waals surface area contributed by atoms with Crippen LogP contribution in [-0.4, -0.2) is 42.6 Å². The lowest BCUT2D eigenvalue weighted by Crippen LogP contribution is -2.51. The normalized spacial score (nSPS) is 21.1. The second kappa shape index (κ2) is 6.88. The monoisotopic (exact) mass is 294 g/mol. The van der Waals surface area contributed by atoms with Gasteiger partial charge in [0.25, 0.3) is 0 Å². The molecule has 108 valence electrons. The molecular weight excluding hydrogens is 276 g/mol. The number of nitrogens with two attached hydrogens (primary N) is 1.